The van der Waals surface area contributed by atoms with Crippen LogP contribution in [0.5, 0.6) is 0 Å². The molecule has 0 radical (unpaired) electrons. The zero-order valence-electron chi connectivity index (χ0n) is 16.8. The van der Waals surface area contributed by atoms with Crippen LogP contribution in [0.15, 0.2) is 65.7 Å². The predicted molar refractivity (Wildman–Crippen MR) is 118 cm³/mol. The van der Waals surface area contributed by atoms with Crippen LogP contribution in [-0.2, 0) is 16.1 Å². The predicted octanol–water partition coefficient (Wildman–Crippen LogP) is 4.14. The molecule has 0 bridgehead atoms. The standard InChI is InChI=1S/C22H21FN4O3S/c1-2-30-22(29)16-5-9-18(10-6-16)25-20(28)14-31-21-12-11-19(26-27-21)24-13-15-3-7-17(23)8-4-15/h3-12H,2,13-14H2,1H3,(H,24,26)(H,25,28). The minimum absolute atomic E-state index is 0.163. The lowest BCUT2D eigenvalue weighted by Gasteiger charge is -2.07. The van der Waals surface area contributed by atoms with Gasteiger partial charge in [-0.25, -0.2) is 9.18 Å². The normalized spacial score (nSPS) is 10.4. The van der Waals surface area contributed by atoms with Crippen molar-refractivity contribution in [3.05, 3.63) is 77.6 Å². The van der Waals surface area contributed by atoms with Crippen LogP contribution in [0.25, 0.3) is 0 Å². The van der Waals surface area contributed by atoms with E-state index in [1.807, 2.05) is 0 Å². The van der Waals surface area contributed by atoms with Crippen molar-refractivity contribution in [3.63, 3.8) is 0 Å². The Kier molecular flexibility index (Phi) is 7.94. The fourth-order valence-electron chi connectivity index (χ4n) is 2.53. The summed E-state index contributed by atoms with van der Waals surface area (Å²) in [6.45, 7) is 2.55. The largest absolute Gasteiger partial charge is 0.462 e. The molecule has 0 saturated heterocycles. The molecule has 1 amide bonds. The van der Waals surface area contributed by atoms with E-state index in [1.54, 1.807) is 55.5 Å². The van der Waals surface area contributed by atoms with E-state index in [0.717, 1.165) is 5.56 Å². The second-order valence-corrected chi connectivity index (χ2v) is 7.37. The lowest BCUT2D eigenvalue weighted by atomic mass is 10.2. The average molecular weight is 441 g/mol. The lowest BCUT2D eigenvalue weighted by Crippen LogP contribution is -2.14. The third-order valence-electron chi connectivity index (χ3n) is 4.06. The first-order chi connectivity index (χ1) is 15.0. The average Bonchev–Trinajstić information content (AvgIpc) is 2.79. The number of nitrogens with one attached hydrogen (secondary N) is 2. The monoisotopic (exact) mass is 440 g/mol. The van der Waals surface area contributed by atoms with E-state index in [0.29, 0.717) is 35.2 Å². The molecule has 0 aliphatic rings. The van der Waals surface area contributed by atoms with Crippen molar-refractivity contribution in [1.82, 2.24) is 10.2 Å². The van der Waals surface area contributed by atoms with Crippen molar-refractivity contribution in [2.24, 2.45) is 0 Å². The summed E-state index contributed by atoms with van der Waals surface area (Å²) < 4.78 is 17.9. The van der Waals surface area contributed by atoms with Gasteiger partial charge >= 0.3 is 5.97 Å². The van der Waals surface area contributed by atoms with Crippen molar-refractivity contribution < 1.29 is 18.7 Å². The Bertz CT molecular complexity index is 1010. The molecule has 0 spiro atoms. The second-order valence-electron chi connectivity index (χ2n) is 6.37. The number of benzene rings is 2. The van der Waals surface area contributed by atoms with E-state index >= 15 is 0 Å². The van der Waals surface area contributed by atoms with Crippen LogP contribution in [0.2, 0.25) is 0 Å². The summed E-state index contributed by atoms with van der Waals surface area (Å²) in [6.07, 6.45) is 0. The zero-order valence-corrected chi connectivity index (χ0v) is 17.6. The van der Waals surface area contributed by atoms with Crippen LogP contribution in [0.1, 0.15) is 22.8 Å². The Labute approximate surface area is 183 Å². The first kappa shape index (κ1) is 22.2. The van der Waals surface area contributed by atoms with Gasteiger partial charge in [0.25, 0.3) is 0 Å². The van der Waals surface area contributed by atoms with E-state index < -0.39 is 5.97 Å². The minimum Gasteiger partial charge on any atom is -0.462 e. The van der Waals surface area contributed by atoms with E-state index in [1.165, 1.54) is 23.9 Å². The molecule has 160 valence electrons. The van der Waals surface area contributed by atoms with Gasteiger partial charge in [-0.3, -0.25) is 4.79 Å². The summed E-state index contributed by atoms with van der Waals surface area (Å²) in [5.41, 5.74) is 1.94. The van der Waals surface area contributed by atoms with Gasteiger partial charge in [-0.15, -0.1) is 10.2 Å². The maximum Gasteiger partial charge on any atom is 0.338 e. The first-order valence-electron chi connectivity index (χ1n) is 9.55. The Morgan fingerprint density at radius 3 is 2.39 bits per heavy atom. The molecule has 7 nitrogen and oxygen atoms in total. The lowest BCUT2D eigenvalue weighted by molar-refractivity contribution is -0.113. The third-order valence-corrected chi connectivity index (χ3v) is 4.98. The molecular weight excluding hydrogens is 419 g/mol. The van der Waals surface area contributed by atoms with E-state index in [4.69, 9.17) is 4.74 Å². The summed E-state index contributed by atoms with van der Waals surface area (Å²) in [7, 11) is 0. The maximum atomic E-state index is 12.9. The molecule has 0 aliphatic carbocycles. The highest BCUT2D eigenvalue weighted by Crippen LogP contribution is 2.17. The van der Waals surface area contributed by atoms with Gasteiger partial charge in [0.2, 0.25) is 5.91 Å². The molecule has 0 saturated carbocycles. The highest BCUT2D eigenvalue weighted by atomic mass is 32.2. The van der Waals surface area contributed by atoms with Crippen molar-refractivity contribution in [3.8, 4) is 0 Å². The van der Waals surface area contributed by atoms with E-state index in [9.17, 15) is 14.0 Å². The topological polar surface area (TPSA) is 93.2 Å². The Morgan fingerprint density at radius 1 is 1.00 bits per heavy atom. The number of carbonyl (C=O) groups is 2. The molecule has 9 heteroatoms. The quantitative estimate of drug-likeness (QED) is 0.382. The van der Waals surface area contributed by atoms with Crippen molar-refractivity contribution in [2.45, 2.75) is 18.5 Å². The van der Waals surface area contributed by atoms with Gasteiger partial charge < -0.3 is 15.4 Å². The third kappa shape index (κ3) is 7.07. The van der Waals surface area contributed by atoms with Gasteiger partial charge in [0.05, 0.1) is 17.9 Å². The highest BCUT2D eigenvalue weighted by Gasteiger charge is 2.08. The molecule has 0 aliphatic heterocycles. The number of amides is 1. The van der Waals surface area contributed by atoms with Crippen LogP contribution in [0.3, 0.4) is 0 Å². The summed E-state index contributed by atoms with van der Waals surface area (Å²) >= 11 is 1.26. The van der Waals surface area contributed by atoms with Crippen molar-refractivity contribution in [2.75, 3.05) is 23.0 Å². The number of ether oxygens (including phenoxy) is 1. The number of hydrogen-bond acceptors (Lipinski definition) is 7. The molecule has 2 aromatic carbocycles. The molecule has 1 heterocycles. The van der Waals surface area contributed by atoms with Gasteiger partial charge in [0.15, 0.2) is 0 Å². The molecule has 2 N–H and O–H groups in total. The van der Waals surface area contributed by atoms with Crippen molar-refractivity contribution in [1.29, 1.82) is 0 Å². The molecule has 31 heavy (non-hydrogen) atoms. The summed E-state index contributed by atoms with van der Waals surface area (Å²) in [4.78, 5) is 23.8. The van der Waals surface area contributed by atoms with Gasteiger partial charge in [-0.2, -0.15) is 0 Å². The van der Waals surface area contributed by atoms with Crippen LogP contribution >= 0.6 is 11.8 Å². The maximum absolute atomic E-state index is 12.9. The van der Waals surface area contributed by atoms with Gasteiger partial charge in [0.1, 0.15) is 16.7 Å². The summed E-state index contributed by atoms with van der Waals surface area (Å²) in [5, 5.41) is 14.7. The number of nitrogens with zero attached hydrogens (tertiary/aromatic N) is 2. The number of aromatic nitrogens is 2. The number of carbonyl (C=O) groups excluding carboxylic acids is 2. The van der Waals surface area contributed by atoms with Crippen molar-refractivity contribution >= 4 is 35.1 Å². The Morgan fingerprint density at radius 2 is 1.74 bits per heavy atom. The fourth-order valence-corrected chi connectivity index (χ4v) is 3.14. The minimum atomic E-state index is -0.398. The zero-order chi connectivity index (χ0) is 22.1. The SMILES string of the molecule is CCOC(=O)c1ccc(NC(=O)CSc2ccc(NCc3ccc(F)cc3)nn2)cc1. The number of thioether (sulfide) groups is 1. The molecule has 0 fully saturated rings. The van der Waals surface area contributed by atoms with Gasteiger partial charge in [-0.1, -0.05) is 23.9 Å². The number of rotatable bonds is 9. The molecule has 1 aromatic heterocycles. The number of hydrogen-bond donors (Lipinski definition) is 2. The van der Waals surface area contributed by atoms with Gasteiger partial charge in [0, 0.05) is 12.2 Å². The molecule has 3 aromatic rings. The van der Waals surface area contributed by atoms with Gasteiger partial charge in [-0.05, 0) is 61.0 Å². The summed E-state index contributed by atoms with van der Waals surface area (Å²) in [6, 6.07) is 16.2. The molecule has 0 atom stereocenters. The number of anilines is 2. The van der Waals surface area contributed by atoms with Crippen LogP contribution in [0.4, 0.5) is 15.9 Å². The highest BCUT2D eigenvalue weighted by molar-refractivity contribution is 7.99. The number of esters is 1. The summed E-state index contributed by atoms with van der Waals surface area (Å²) in [5.74, 6) is -0.127. The molecule has 3 rings (SSSR count). The fraction of sp³-hybridized carbons (Fsp3) is 0.182. The molecular formula is C22H21FN4O3S. The number of halogens is 1. The Hall–Kier alpha value is -3.46. The first-order valence-corrected chi connectivity index (χ1v) is 10.5. The molecule has 0 unspecified atom stereocenters. The van der Waals surface area contributed by atoms with Crippen LogP contribution in [0, 0.1) is 5.82 Å². The van der Waals surface area contributed by atoms with Crippen LogP contribution < -0.4 is 10.6 Å². The van der Waals surface area contributed by atoms with Crippen LogP contribution in [-0.4, -0.2) is 34.4 Å². The Balaban J connectivity index is 1.43. The van der Waals surface area contributed by atoms with E-state index in [-0.39, 0.29) is 17.5 Å². The van der Waals surface area contributed by atoms with E-state index in [2.05, 4.69) is 20.8 Å². The smallest absolute Gasteiger partial charge is 0.338 e. The second kappa shape index (κ2) is 11.1.